The number of carbonyl (C=O) groups is 1. The molecule has 1 N–H and O–H groups in total. The number of carboxylic acids is 1. The molecule has 94 valence electrons. The van der Waals surface area contributed by atoms with Crippen molar-refractivity contribution >= 4 is 12.0 Å². The van der Waals surface area contributed by atoms with Crippen LogP contribution in [0.15, 0.2) is 29.8 Å². The predicted molar refractivity (Wildman–Crippen MR) is 71.4 cm³/mol. The molecule has 1 aromatic carbocycles. The van der Waals surface area contributed by atoms with Crippen molar-refractivity contribution in [3.05, 3.63) is 41.0 Å². The topological polar surface area (TPSA) is 37.3 Å². The molecule has 0 heterocycles. The van der Waals surface area contributed by atoms with E-state index in [9.17, 15) is 9.90 Å². The van der Waals surface area contributed by atoms with Gasteiger partial charge in [0, 0.05) is 5.41 Å². The molecule has 18 heavy (non-hydrogen) atoms. The van der Waals surface area contributed by atoms with Gasteiger partial charge in [0.05, 0.1) is 5.41 Å². The quantitative estimate of drug-likeness (QED) is 0.816. The molecule has 0 amide bonds. The summed E-state index contributed by atoms with van der Waals surface area (Å²) in [4.78, 5) is 11.7. The van der Waals surface area contributed by atoms with Gasteiger partial charge in [-0.2, -0.15) is 0 Å². The van der Waals surface area contributed by atoms with E-state index in [1.54, 1.807) is 0 Å². The average molecular weight is 242 g/mol. The molecule has 0 radical (unpaired) electrons. The lowest BCUT2D eigenvalue weighted by molar-refractivity contribution is -0.147. The Morgan fingerprint density at radius 2 is 1.94 bits per heavy atom. The molecular formula is C16H18O2. The second-order valence-corrected chi connectivity index (χ2v) is 5.97. The molecule has 1 fully saturated rings. The molecule has 0 aromatic heterocycles. The molecular weight excluding hydrogens is 224 g/mol. The van der Waals surface area contributed by atoms with Crippen LogP contribution in [0, 0.1) is 5.41 Å². The second-order valence-electron chi connectivity index (χ2n) is 5.97. The van der Waals surface area contributed by atoms with E-state index in [-0.39, 0.29) is 5.41 Å². The highest BCUT2D eigenvalue weighted by molar-refractivity contribution is 5.85. The number of hydrogen-bond acceptors (Lipinski definition) is 1. The minimum Gasteiger partial charge on any atom is -0.481 e. The molecule has 0 bridgehead atoms. The van der Waals surface area contributed by atoms with Crippen molar-refractivity contribution in [1.82, 2.24) is 0 Å². The molecule has 1 aromatic rings. The number of aliphatic carboxylic acids is 1. The highest BCUT2D eigenvalue weighted by Gasteiger charge is 2.51. The van der Waals surface area contributed by atoms with Gasteiger partial charge in [0.1, 0.15) is 0 Å². The fraction of sp³-hybridized carbons (Fsp3) is 0.438. The van der Waals surface area contributed by atoms with E-state index in [4.69, 9.17) is 0 Å². The first kappa shape index (κ1) is 11.5. The number of carboxylic acid groups (broad SMARTS) is 1. The summed E-state index contributed by atoms with van der Waals surface area (Å²) in [6.07, 6.45) is 4.89. The number of rotatable bonds is 1. The van der Waals surface area contributed by atoms with Crippen molar-refractivity contribution < 1.29 is 9.90 Å². The SMILES string of the molecule is C[C@@]1(C(=O)O)CCC[C@]2(C)C1=Cc1ccccc12. The van der Waals surface area contributed by atoms with Crippen molar-refractivity contribution in [3.63, 3.8) is 0 Å². The third-order valence-electron chi connectivity index (χ3n) is 4.87. The maximum absolute atomic E-state index is 11.7. The maximum atomic E-state index is 11.7. The van der Waals surface area contributed by atoms with E-state index in [0.717, 1.165) is 24.8 Å². The zero-order chi connectivity index (χ0) is 13.0. The summed E-state index contributed by atoms with van der Waals surface area (Å²) >= 11 is 0. The van der Waals surface area contributed by atoms with Gasteiger partial charge in [-0.05, 0) is 36.5 Å². The predicted octanol–water partition coefficient (Wildman–Crippen LogP) is 3.62. The van der Waals surface area contributed by atoms with Gasteiger partial charge < -0.3 is 5.11 Å². The van der Waals surface area contributed by atoms with Crippen LogP contribution in [0.4, 0.5) is 0 Å². The molecule has 1 saturated carbocycles. The summed E-state index contributed by atoms with van der Waals surface area (Å²) in [7, 11) is 0. The molecule has 2 atom stereocenters. The van der Waals surface area contributed by atoms with Crippen LogP contribution < -0.4 is 0 Å². The molecule has 0 spiro atoms. The van der Waals surface area contributed by atoms with Gasteiger partial charge in [-0.1, -0.05) is 43.7 Å². The van der Waals surface area contributed by atoms with Crippen LogP contribution in [-0.2, 0) is 10.2 Å². The standard InChI is InChI=1S/C16H18O2/c1-15-8-5-9-16(2,14(17)18)13(15)10-11-6-3-4-7-12(11)15/h3-4,6-7,10H,5,8-9H2,1-2H3,(H,17,18)/t15-,16+/m0/s1. The van der Waals surface area contributed by atoms with Crippen molar-refractivity contribution in [1.29, 1.82) is 0 Å². The summed E-state index contributed by atoms with van der Waals surface area (Å²) < 4.78 is 0. The first-order valence-corrected chi connectivity index (χ1v) is 6.54. The fourth-order valence-electron chi connectivity index (χ4n) is 3.78. The van der Waals surface area contributed by atoms with Crippen LogP contribution in [0.5, 0.6) is 0 Å². The molecule has 2 aliphatic carbocycles. The van der Waals surface area contributed by atoms with Gasteiger partial charge in [0.15, 0.2) is 0 Å². The third kappa shape index (κ3) is 1.26. The Morgan fingerprint density at radius 3 is 2.67 bits per heavy atom. The Labute approximate surface area is 107 Å². The van der Waals surface area contributed by atoms with Gasteiger partial charge in [-0.25, -0.2) is 0 Å². The Balaban J connectivity index is 2.21. The second kappa shape index (κ2) is 3.47. The van der Waals surface area contributed by atoms with Gasteiger partial charge in [0.25, 0.3) is 0 Å². The molecule has 0 unspecified atom stereocenters. The molecule has 0 saturated heterocycles. The van der Waals surface area contributed by atoms with E-state index in [0.29, 0.717) is 0 Å². The number of fused-ring (bicyclic) bond motifs is 3. The van der Waals surface area contributed by atoms with Gasteiger partial charge in [-0.15, -0.1) is 0 Å². The van der Waals surface area contributed by atoms with Crippen LogP contribution in [0.1, 0.15) is 44.2 Å². The van der Waals surface area contributed by atoms with Crippen molar-refractivity contribution in [2.45, 2.75) is 38.5 Å². The molecule has 0 aliphatic heterocycles. The summed E-state index contributed by atoms with van der Waals surface area (Å²) in [6, 6.07) is 8.31. The van der Waals surface area contributed by atoms with Crippen molar-refractivity contribution in [3.8, 4) is 0 Å². The minimum atomic E-state index is -0.702. The smallest absolute Gasteiger partial charge is 0.313 e. The maximum Gasteiger partial charge on any atom is 0.313 e. The normalized spacial score (nSPS) is 33.6. The van der Waals surface area contributed by atoms with E-state index in [1.165, 1.54) is 11.1 Å². The molecule has 2 heteroatoms. The first-order valence-electron chi connectivity index (χ1n) is 6.54. The zero-order valence-corrected chi connectivity index (χ0v) is 10.9. The minimum absolute atomic E-state index is 0.0814. The zero-order valence-electron chi connectivity index (χ0n) is 10.9. The first-order chi connectivity index (χ1) is 8.48. The van der Waals surface area contributed by atoms with Gasteiger partial charge in [0.2, 0.25) is 0 Å². The molecule has 3 rings (SSSR count). The summed E-state index contributed by atoms with van der Waals surface area (Å²) in [5.74, 6) is -0.688. The fourth-order valence-corrected chi connectivity index (χ4v) is 3.78. The lowest BCUT2D eigenvalue weighted by Crippen LogP contribution is -2.41. The van der Waals surface area contributed by atoms with Crippen molar-refractivity contribution in [2.75, 3.05) is 0 Å². The Bertz CT molecular complexity index is 558. The van der Waals surface area contributed by atoms with E-state index in [2.05, 4.69) is 25.1 Å². The van der Waals surface area contributed by atoms with E-state index < -0.39 is 11.4 Å². The van der Waals surface area contributed by atoms with Crippen molar-refractivity contribution in [2.24, 2.45) is 5.41 Å². The summed E-state index contributed by atoms with van der Waals surface area (Å²) in [5.41, 5.74) is 2.81. The van der Waals surface area contributed by atoms with Crippen LogP contribution in [-0.4, -0.2) is 11.1 Å². The van der Waals surface area contributed by atoms with Gasteiger partial charge in [-0.3, -0.25) is 4.79 Å². The Kier molecular flexibility index (Phi) is 2.22. The average Bonchev–Trinajstić information content (AvgIpc) is 2.64. The largest absolute Gasteiger partial charge is 0.481 e. The van der Waals surface area contributed by atoms with Gasteiger partial charge >= 0.3 is 5.97 Å². The molecule has 2 aliphatic rings. The summed E-state index contributed by atoms with van der Waals surface area (Å²) in [5, 5.41) is 9.60. The van der Waals surface area contributed by atoms with Crippen LogP contribution in [0.2, 0.25) is 0 Å². The monoisotopic (exact) mass is 242 g/mol. The van der Waals surface area contributed by atoms with E-state index in [1.807, 2.05) is 19.1 Å². The number of hydrogen-bond donors (Lipinski definition) is 1. The van der Waals surface area contributed by atoms with Crippen LogP contribution >= 0.6 is 0 Å². The van der Waals surface area contributed by atoms with E-state index >= 15 is 0 Å². The van der Waals surface area contributed by atoms with Crippen LogP contribution in [0.3, 0.4) is 0 Å². The lowest BCUT2D eigenvalue weighted by atomic mass is 9.59. The van der Waals surface area contributed by atoms with Crippen LogP contribution in [0.25, 0.3) is 6.08 Å². The summed E-state index contributed by atoms with van der Waals surface area (Å²) in [6.45, 7) is 4.08. The third-order valence-corrected chi connectivity index (χ3v) is 4.87. The highest BCUT2D eigenvalue weighted by Crippen LogP contribution is 2.57. The number of benzene rings is 1. The lowest BCUT2D eigenvalue weighted by Gasteiger charge is -2.43. The molecule has 2 nitrogen and oxygen atoms in total. The Morgan fingerprint density at radius 1 is 1.22 bits per heavy atom. The Hall–Kier alpha value is -1.57. The highest BCUT2D eigenvalue weighted by atomic mass is 16.4.